The van der Waals surface area contributed by atoms with Gasteiger partial charge in [0.2, 0.25) is 11.8 Å². The number of para-hydroxylation sites is 1. The van der Waals surface area contributed by atoms with E-state index in [1.54, 1.807) is 11.0 Å². The number of hydrogen-bond acceptors (Lipinski definition) is 5. The quantitative estimate of drug-likeness (QED) is 0.606. The lowest BCUT2D eigenvalue weighted by molar-refractivity contribution is -0.115. The third-order valence-electron chi connectivity index (χ3n) is 2.22. The Bertz CT molecular complexity index is 535. The average Bonchev–Trinajstić information content (AvgIpc) is 2.43. The molecule has 0 saturated carbocycles. The van der Waals surface area contributed by atoms with Gasteiger partial charge in [0.1, 0.15) is 4.32 Å². The van der Waals surface area contributed by atoms with E-state index in [1.165, 1.54) is 23.5 Å². The van der Waals surface area contributed by atoms with Crippen molar-refractivity contribution in [1.82, 2.24) is 4.90 Å². The SMILES string of the molecule is CN(C)C(=S)SCC(=O)Nc1ccccc1SCC(N)=O. The predicted octanol–water partition coefficient (Wildman–Crippen LogP) is 1.78. The molecule has 2 amide bonds. The summed E-state index contributed by atoms with van der Waals surface area (Å²) in [7, 11) is 3.67. The number of anilines is 1. The number of carbonyl (C=O) groups excluding carboxylic acids is 2. The molecule has 0 bridgehead atoms. The largest absolute Gasteiger partial charge is 0.369 e. The first kappa shape index (κ1) is 17.8. The topological polar surface area (TPSA) is 75.4 Å². The van der Waals surface area contributed by atoms with Gasteiger partial charge in [-0.25, -0.2) is 0 Å². The molecule has 21 heavy (non-hydrogen) atoms. The number of amides is 2. The minimum Gasteiger partial charge on any atom is -0.369 e. The second kappa shape index (κ2) is 8.91. The van der Waals surface area contributed by atoms with Gasteiger partial charge in [0.15, 0.2) is 0 Å². The monoisotopic (exact) mass is 343 g/mol. The molecule has 0 aliphatic carbocycles. The van der Waals surface area contributed by atoms with Crippen LogP contribution in [0.2, 0.25) is 0 Å². The van der Waals surface area contributed by atoms with Crippen LogP contribution in [0.5, 0.6) is 0 Å². The van der Waals surface area contributed by atoms with E-state index < -0.39 is 5.91 Å². The first-order valence-electron chi connectivity index (χ1n) is 6.04. The Hall–Kier alpha value is -1.25. The normalized spacial score (nSPS) is 10.0. The molecule has 0 atom stereocenters. The van der Waals surface area contributed by atoms with Gasteiger partial charge in [-0.3, -0.25) is 9.59 Å². The molecule has 1 rings (SSSR count). The number of rotatable bonds is 6. The van der Waals surface area contributed by atoms with E-state index in [2.05, 4.69) is 5.32 Å². The molecule has 0 radical (unpaired) electrons. The molecular weight excluding hydrogens is 326 g/mol. The van der Waals surface area contributed by atoms with E-state index in [9.17, 15) is 9.59 Å². The first-order chi connectivity index (χ1) is 9.90. The molecule has 0 unspecified atom stereocenters. The number of hydrogen-bond donors (Lipinski definition) is 2. The van der Waals surface area contributed by atoms with Crippen LogP contribution in [0.15, 0.2) is 29.2 Å². The summed E-state index contributed by atoms with van der Waals surface area (Å²) in [6, 6.07) is 7.29. The lowest BCUT2D eigenvalue weighted by atomic mass is 10.3. The molecule has 3 N–H and O–H groups in total. The van der Waals surface area contributed by atoms with Crippen LogP contribution >= 0.6 is 35.7 Å². The summed E-state index contributed by atoms with van der Waals surface area (Å²) >= 11 is 7.71. The molecule has 114 valence electrons. The van der Waals surface area contributed by atoms with Gasteiger partial charge in [0, 0.05) is 19.0 Å². The van der Waals surface area contributed by atoms with Gasteiger partial charge in [0.25, 0.3) is 0 Å². The Morgan fingerprint density at radius 1 is 1.29 bits per heavy atom. The van der Waals surface area contributed by atoms with E-state index in [-0.39, 0.29) is 17.4 Å². The van der Waals surface area contributed by atoms with Gasteiger partial charge < -0.3 is 16.0 Å². The van der Waals surface area contributed by atoms with Crippen molar-refractivity contribution in [3.05, 3.63) is 24.3 Å². The van der Waals surface area contributed by atoms with E-state index in [0.717, 1.165) is 4.90 Å². The van der Waals surface area contributed by atoms with Crippen molar-refractivity contribution < 1.29 is 9.59 Å². The first-order valence-corrected chi connectivity index (χ1v) is 8.42. The zero-order valence-corrected chi connectivity index (χ0v) is 14.2. The van der Waals surface area contributed by atoms with Gasteiger partial charge in [-0.1, -0.05) is 36.1 Å². The van der Waals surface area contributed by atoms with Crippen LogP contribution in [0.3, 0.4) is 0 Å². The van der Waals surface area contributed by atoms with Gasteiger partial charge in [-0.05, 0) is 12.1 Å². The van der Waals surface area contributed by atoms with E-state index in [0.29, 0.717) is 10.0 Å². The van der Waals surface area contributed by atoms with Gasteiger partial charge in [-0.15, -0.1) is 11.8 Å². The second-order valence-corrected chi connectivity index (χ2v) is 6.87. The van der Waals surface area contributed by atoms with Crippen molar-refractivity contribution in [2.75, 3.05) is 30.9 Å². The van der Waals surface area contributed by atoms with Crippen LogP contribution in [0, 0.1) is 0 Å². The van der Waals surface area contributed by atoms with Crippen molar-refractivity contribution in [2.45, 2.75) is 4.90 Å². The standard InChI is InChI=1S/C13H17N3O2S3/c1-16(2)13(19)21-8-12(18)15-9-5-3-4-6-10(9)20-7-11(14)17/h3-6H,7-8H2,1-2H3,(H2,14,17)(H,15,18). The summed E-state index contributed by atoms with van der Waals surface area (Å²) in [6.45, 7) is 0. The van der Waals surface area contributed by atoms with Crippen molar-refractivity contribution in [1.29, 1.82) is 0 Å². The highest BCUT2D eigenvalue weighted by Crippen LogP contribution is 2.26. The Morgan fingerprint density at radius 3 is 2.57 bits per heavy atom. The molecule has 0 heterocycles. The highest BCUT2D eigenvalue weighted by atomic mass is 32.2. The summed E-state index contributed by atoms with van der Waals surface area (Å²) in [6.07, 6.45) is 0. The Balaban J connectivity index is 2.59. The lowest BCUT2D eigenvalue weighted by Crippen LogP contribution is -2.21. The van der Waals surface area contributed by atoms with Crippen LogP contribution in [0.4, 0.5) is 5.69 Å². The van der Waals surface area contributed by atoms with Crippen LogP contribution in [-0.4, -0.2) is 46.6 Å². The van der Waals surface area contributed by atoms with Crippen molar-refractivity contribution in [3.63, 3.8) is 0 Å². The zero-order chi connectivity index (χ0) is 15.8. The van der Waals surface area contributed by atoms with Crippen LogP contribution in [-0.2, 0) is 9.59 Å². The average molecular weight is 343 g/mol. The number of nitrogens with two attached hydrogens (primary N) is 1. The highest BCUT2D eigenvalue weighted by Gasteiger charge is 2.10. The van der Waals surface area contributed by atoms with Gasteiger partial charge in [-0.2, -0.15) is 0 Å². The third-order valence-corrected chi connectivity index (χ3v) is 5.06. The summed E-state index contributed by atoms with van der Waals surface area (Å²) in [5.74, 6) is -0.123. The molecule has 0 saturated heterocycles. The summed E-state index contributed by atoms with van der Waals surface area (Å²) in [5, 5.41) is 2.82. The highest BCUT2D eigenvalue weighted by molar-refractivity contribution is 8.23. The smallest absolute Gasteiger partial charge is 0.234 e. The zero-order valence-electron chi connectivity index (χ0n) is 11.8. The number of benzene rings is 1. The number of carbonyl (C=O) groups is 2. The predicted molar refractivity (Wildman–Crippen MR) is 93.7 cm³/mol. The summed E-state index contributed by atoms with van der Waals surface area (Å²) in [4.78, 5) is 25.3. The van der Waals surface area contributed by atoms with Crippen LogP contribution < -0.4 is 11.1 Å². The van der Waals surface area contributed by atoms with Crippen LogP contribution in [0.25, 0.3) is 0 Å². The number of thioether (sulfide) groups is 2. The van der Waals surface area contributed by atoms with Crippen LogP contribution in [0.1, 0.15) is 0 Å². The number of thiocarbonyl (C=S) groups is 1. The van der Waals surface area contributed by atoms with E-state index >= 15 is 0 Å². The minimum absolute atomic E-state index is 0.142. The number of nitrogens with one attached hydrogen (secondary N) is 1. The molecule has 0 spiro atoms. The van der Waals surface area contributed by atoms with Crippen molar-refractivity contribution >= 4 is 57.6 Å². The third kappa shape index (κ3) is 6.83. The molecule has 1 aromatic carbocycles. The summed E-state index contributed by atoms with van der Waals surface area (Å²) in [5.41, 5.74) is 5.80. The summed E-state index contributed by atoms with van der Waals surface area (Å²) < 4.78 is 0.654. The van der Waals surface area contributed by atoms with Crippen molar-refractivity contribution in [3.8, 4) is 0 Å². The molecule has 0 fully saturated rings. The van der Waals surface area contributed by atoms with Gasteiger partial charge >= 0.3 is 0 Å². The fraction of sp³-hybridized carbons (Fsp3) is 0.308. The fourth-order valence-electron chi connectivity index (χ4n) is 1.29. The minimum atomic E-state index is -0.395. The lowest BCUT2D eigenvalue weighted by Gasteiger charge is -2.13. The maximum absolute atomic E-state index is 11.9. The Labute approximate surface area is 138 Å². The maximum Gasteiger partial charge on any atom is 0.234 e. The number of nitrogens with zero attached hydrogens (tertiary/aromatic N) is 1. The number of primary amides is 1. The Morgan fingerprint density at radius 2 is 1.95 bits per heavy atom. The molecule has 1 aromatic rings. The second-order valence-electron chi connectivity index (χ2n) is 4.25. The van der Waals surface area contributed by atoms with Crippen molar-refractivity contribution in [2.24, 2.45) is 5.73 Å². The van der Waals surface area contributed by atoms with E-state index in [1.807, 2.05) is 32.3 Å². The fourth-order valence-corrected chi connectivity index (χ4v) is 2.80. The molecule has 5 nitrogen and oxygen atoms in total. The molecule has 0 aromatic heterocycles. The van der Waals surface area contributed by atoms with Gasteiger partial charge in [0.05, 0.1) is 17.2 Å². The van der Waals surface area contributed by atoms with E-state index in [4.69, 9.17) is 18.0 Å². The maximum atomic E-state index is 11.9. The molecule has 0 aliphatic rings. The molecular formula is C13H17N3O2S3. The molecule has 0 aliphatic heterocycles. The Kier molecular flexibility index (Phi) is 7.55. The molecule has 8 heteroatoms.